The van der Waals surface area contributed by atoms with Crippen LogP contribution in [-0.4, -0.2) is 28.4 Å². The third kappa shape index (κ3) is 1.94. The maximum absolute atomic E-state index is 10.3. The summed E-state index contributed by atoms with van der Waals surface area (Å²) in [5.41, 5.74) is 6.30. The van der Waals surface area contributed by atoms with E-state index in [1.807, 2.05) is 27.7 Å². The van der Waals surface area contributed by atoms with E-state index in [1.165, 1.54) is 0 Å². The topological polar surface area (TPSA) is 77.6 Å². The molecule has 0 spiro atoms. The van der Waals surface area contributed by atoms with Gasteiger partial charge in [0.1, 0.15) is 0 Å². The van der Waals surface area contributed by atoms with Crippen molar-refractivity contribution >= 4 is 18.4 Å². The molecule has 1 aliphatic carbocycles. The van der Waals surface area contributed by atoms with Crippen LogP contribution in [0.5, 0.6) is 0 Å². The molecule has 0 radical (unpaired) electrons. The van der Waals surface area contributed by atoms with Gasteiger partial charge in [-0.25, -0.2) is 0 Å². The molecule has 5 nitrogen and oxygen atoms in total. The molecule has 1 aliphatic heterocycles. The number of aromatic nitrogens is 1. The van der Waals surface area contributed by atoms with E-state index in [0.29, 0.717) is 11.3 Å². The van der Waals surface area contributed by atoms with Crippen molar-refractivity contribution < 1.29 is 14.4 Å². The van der Waals surface area contributed by atoms with E-state index < -0.39 is 23.9 Å². The van der Waals surface area contributed by atoms with Gasteiger partial charge in [-0.1, -0.05) is 0 Å². The van der Waals surface area contributed by atoms with Crippen molar-refractivity contribution in [1.82, 2.24) is 4.98 Å². The molecule has 1 aromatic heterocycles. The SMILES string of the molecule is CC1(C)OB(c2nccc(C3(O)CC3)c2N)OC1(C)C. The Hall–Kier alpha value is -1.11. The molecule has 0 amide bonds. The third-order valence-electron chi connectivity index (χ3n) is 4.72. The fourth-order valence-corrected chi connectivity index (χ4v) is 2.43. The van der Waals surface area contributed by atoms with Gasteiger partial charge in [-0.3, -0.25) is 4.98 Å². The number of nitrogens with zero attached hydrogens (tertiary/aromatic N) is 1. The predicted octanol–water partition coefficient (Wildman–Crippen LogP) is 0.944. The molecule has 2 heterocycles. The predicted molar refractivity (Wildman–Crippen MR) is 77.5 cm³/mol. The lowest BCUT2D eigenvalue weighted by molar-refractivity contribution is 0.00578. The van der Waals surface area contributed by atoms with Gasteiger partial charge in [0, 0.05) is 11.8 Å². The normalized spacial score (nSPS) is 25.8. The second-order valence-electron chi connectivity index (χ2n) is 6.78. The van der Waals surface area contributed by atoms with E-state index >= 15 is 0 Å². The number of rotatable bonds is 2. The van der Waals surface area contributed by atoms with E-state index in [0.717, 1.165) is 18.4 Å². The van der Waals surface area contributed by atoms with Gasteiger partial charge in [0.25, 0.3) is 0 Å². The smallest absolute Gasteiger partial charge is 0.398 e. The first-order valence-corrected chi connectivity index (χ1v) is 6.99. The maximum Gasteiger partial charge on any atom is 0.516 e. The molecular formula is C14H21BN2O3. The van der Waals surface area contributed by atoms with Gasteiger partial charge in [-0.2, -0.15) is 0 Å². The molecular weight excluding hydrogens is 255 g/mol. The molecule has 2 aliphatic rings. The summed E-state index contributed by atoms with van der Waals surface area (Å²) < 4.78 is 11.9. The van der Waals surface area contributed by atoms with Gasteiger partial charge in [-0.15, -0.1) is 0 Å². The maximum atomic E-state index is 10.3. The second-order valence-corrected chi connectivity index (χ2v) is 6.78. The summed E-state index contributed by atoms with van der Waals surface area (Å²) in [6, 6.07) is 1.77. The first-order chi connectivity index (χ1) is 9.16. The minimum atomic E-state index is -0.786. The Kier molecular flexibility index (Phi) is 2.75. The molecule has 3 rings (SSSR count). The average molecular weight is 276 g/mol. The molecule has 0 bridgehead atoms. The van der Waals surface area contributed by atoms with Crippen LogP contribution in [0.3, 0.4) is 0 Å². The first kappa shape index (κ1) is 13.9. The fraction of sp³-hybridized carbons (Fsp3) is 0.643. The molecule has 1 aromatic rings. The number of anilines is 1. The largest absolute Gasteiger partial charge is 0.516 e. The van der Waals surface area contributed by atoms with Crippen LogP contribution in [0, 0.1) is 0 Å². The molecule has 1 saturated carbocycles. The lowest BCUT2D eigenvalue weighted by Gasteiger charge is -2.32. The van der Waals surface area contributed by atoms with Crippen LogP contribution in [0.2, 0.25) is 0 Å². The Morgan fingerprint density at radius 3 is 2.25 bits per heavy atom. The number of hydrogen-bond acceptors (Lipinski definition) is 5. The van der Waals surface area contributed by atoms with Gasteiger partial charge >= 0.3 is 7.12 Å². The van der Waals surface area contributed by atoms with Crippen molar-refractivity contribution in [2.75, 3.05) is 5.73 Å². The highest BCUT2D eigenvalue weighted by Crippen LogP contribution is 2.47. The highest BCUT2D eigenvalue weighted by Gasteiger charge is 2.53. The van der Waals surface area contributed by atoms with Crippen molar-refractivity contribution in [2.24, 2.45) is 0 Å². The molecule has 1 saturated heterocycles. The van der Waals surface area contributed by atoms with Crippen molar-refractivity contribution in [3.63, 3.8) is 0 Å². The molecule has 0 atom stereocenters. The minimum absolute atomic E-state index is 0.432. The Balaban J connectivity index is 1.97. The molecule has 6 heteroatoms. The standard InChI is InChI=1S/C14H21BN2O3/c1-12(2)13(3,4)20-15(19-12)11-10(16)9(5-8-17-11)14(18)6-7-14/h5,8,18H,6-7,16H2,1-4H3. The van der Waals surface area contributed by atoms with Crippen LogP contribution in [0.15, 0.2) is 12.3 Å². The lowest BCUT2D eigenvalue weighted by atomic mass is 9.81. The summed E-state index contributed by atoms with van der Waals surface area (Å²) in [4.78, 5) is 4.31. The summed E-state index contributed by atoms with van der Waals surface area (Å²) >= 11 is 0. The van der Waals surface area contributed by atoms with Gasteiger partial charge in [0.05, 0.1) is 28.1 Å². The summed E-state index contributed by atoms with van der Waals surface area (Å²) in [5, 5.41) is 10.3. The number of hydrogen-bond donors (Lipinski definition) is 2. The minimum Gasteiger partial charge on any atom is -0.398 e. The fourth-order valence-electron chi connectivity index (χ4n) is 2.43. The Morgan fingerprint density at radius 1 is 1.20 bits per heavy atom. The summed E-state index contributed by atoms with van der Waals surface area (Å²) in [7, 11) is -0.595. The van der Waals surface area contributed by atoms with Crippen molar-refractivity contribution in [3.05, 3.63) is 17.8 Å². The lowest BCUT2D eigenvalue weighted by Crippen LogP contribution is -2.41. The van der Waals surface area contributed by atoms with E-state index in [2.05, 4.69) is 4.98 Å². The van der Waals surface area contributed by atoms with E-state index in [-0.39, 0.29) is 0 Å². The number of nitrogen functional groups attached to an aromatic ring is 1. The number of aliphatic hydroxyl groups is 1. The monoisotopic (exact) mass is 276 g/mol. The van der Waals surface area contributed by atoms with Crippen LogP contribution in [-0.2, 0) is 14.9 Å². The molecule has 2 fully saturated rings. The van der Waals surface area contributed by atoms with Crippen LogP contribution in [0.1, 0.15) is 46.1 Å². The molecule has 108 valence electrons. The third-order valence-corrected chi connectivity index (χ3v) is 4.72. The van der Waals surface area contributed by atoms with E-state index in [4.69, 9.17) is 15.0 Å². The number of nitrogens with two attached hydrogens (primary N) is 1. The van der Waals surface area contributed by atoms with Crippen molar-refractivity contribution in [2.45, 2.75) is 57.3 Å². The van der Waals surface area contributed by atoms with E-state index in [9.17, 15) is 5.11 Å². The van der Waals surface area contributed by atoms with Crippen LogP contribution >= 0.6 is 0 Å². The molecule has 20 heavy (non-hydrogen) atoms. The summed E-state index contributed by atoms with van der Waals surface area (Å²) in [5.74, 6) is 0. The Bertz CT molecular complexity index is 539. The highest BCUT2D eigenvalue weighted by molar-refractivity contribution is 6.62. The Morgan fingerprint density at radius 2 is 1.75 bits per heavy atom. The zero-order chi connectivity index (χ0) is 14.8. The van der Waals surface area contributed by atoms with Gasteiger partial charge in [-0.05, 0) is 46.6 Å². The number of pyridine rings is 1. The summed E-state index contributed by atoms with van der Waals surface area (Å²) in [6.07, 6.45) is 3.14. The Labute approximate surface area is 119 Å². The van der Waals surface area contributed by atoms with Gasteiger partial charge < -0.3 is 20.1 Å². The van der Waals surface area contributed by atoms with Crippen LogP contribution in [0.25, 0.3) is 0 Å². The van der Waals surface area contributed by atoms with Crippen molar-refractivity contribution in [3.8, 4) is 0 Å². The van der Waals surface area contributed by atoms with Gasteiger partial charge in [0.15, 0.2) is 0 Å². The quantitative estimate of drug-likeness (QED) is 0.786. The van der Waals surface area contributed by atoms with Gasteiger partial charge in [0.2, 0.25) is 0 Å². The van der Waals surface area contributed by atoms with Crippen LogP contribution < -0.4 is 11.3 Å². The molecule has 3 N–H and O–H groups in total. The molecule has 0 aromatic carbocycles. The summed E-state index contributed by atoms with van der Waals surface area (Å²) in [6.45, 7) is 7.95. The van der Waals surface area contributed by atoms with Crippen molar-refractivity contribution in [1.29, 1.82) is 0 Å². The van der Waals surface area contributed by atoms with Crippen LogP contribution in [0.4, 0.5) is 5.69 Å². The second kappa shape index (κ2) is 3.96. The zero-order valence-corrected chi connectivity index (χ0v) is 12.4. The zero-order valence-electron chi connectivity index (χ0n) is 12.4. The average Bonchev–Trinajstić information content (AvgIpc) is 3.01. The highest BCUT2D eigenvalue weighted by atomic mass is 16.7. The van der Waals surface area contributed by atoms with E-state index in [1.54, 1.807) is 12.3 Å². The first-order valence-electron chi connectivity index (χ1n) is 6.99. The molecule has 0 unspecified atom stereocenters.